The zero-order chi connectivity index (χ0) is 22.3. The van der Waals surface area contributed by atoms with Crippen LogP contribution in [0.5, 0.6) is 5.75 Å². The van der Waals surface area contributed by atoms with E-state index < -0.39 is 0 Å². The summed E-state index contributed by atoms with van der Waals surface area (Å²) in [6.07, 6.45) is 6.56. The molecule has 0 radical (unpaired) electrons. The van der Waals surface area contributed by atoms with Crippen molar-refractivity contribution in [3.05, 3.63) is 48.2 Å². The Bertz CT molecular complexity index is 917. The molecule has 0 aliphatic carbocycles. The molecular formula is C25H32N4O3. The predicted molar refractivity (Wildman–Crippen MR) is 124 cm³/mol. The number of likely N-dealkylation sites (tertiary alicyclic amines) is 2. The number of nitrogens with one attached hydrogen (secondary N) is 1. The monoisotopic (exact) mass is 436 g/mol. The highest BCUT2D eigenvalue weighted by molar-refractivity contribution is 5.99. The molecule has 1 aromatic carbocycles. The molecule has 170 valence electrons. The minimum Gasteiger partial charge on any atom is -0.494 e. The molecule has 2 amide bonds. The number of ether oxygens (including phenoxy) is 1. The Labute approximate surface area is 189 Å². The topological polar surface area (TPSA) is 74.8 Å². The van der Waals surface area contributed by atoms with Gasteiger partial charge in [-0.1, -0.05) is 0 Å². The average molecular weight is 437 g/mol. The Balaban J connectivity index is 1.38. The lowest BCUT2D eigenvalue weighted by Gasteiger charge is -2.35. The normalized spacial score (nSPS) is 17.2. The lowest BCUT2D eigenvalue weighted by atomic mass is 9.94. The standard InChI is InChI=1S/C25H32N4O3/c1-2-32-21-10-8-20(9-11-21)27-23-22(7-6-14-26-23)25(31)29-17-12-19(13-18-29)24(30)28-15-4-3-5-16-28/h6-11,14,19H,2-5,12-13,15-18H2,1H3,(H,26,27). The van der Waals surface area contributed by atoms with Gasteiger partial charge in [0.25, 0.3) is 5.91 Å². The molecule has 2 fully saturated rings. The number of hydrogen-bond donors (Lipinski definition) is 1. The summed E-state index contributed by atoms with van der Waals surface area (Å²) in [5.41, 5.74) is 1.38. The minimum absolute atomic E-state index is 0.0347. The van der Waals surface area contributed by atoms with E-state index in [0.29, 0.717) is 31.1 Å². The second-order valence-electron chi connectivity index (χ2n) is 8.43. The van der Waals surface area contributed by atoms with Crippen molar-refractivity contribution >= 4 is 23.3 Å². The number of hydrogen-bond acceptors (Lipinski definition) is 5. The van der Waals surface area contributed by atoms with Crippen LogP contribution in [0.1, 0.15) is 49.4 Å². The summed E-state index contributed by atoms with van der Waals surface area (Å²) in [5.74, 6) is 1.60. The lowest BCUT2D eigenvalue weighted by Crippen LogP contribution is -2.45. The van der Waals surface area contributed by atoms with Gasteiger partial charge in [-0.3, -0.25) is 9.59 Å². The molecule has 7 heteroatoms. The first-order valence-corrected chi connectivity index (χ1v) is 11.7. The van der Waals surface area contributed by atoms with Crippen LogP contribution in [0, 0.1) is 5.92 Å². The fourth-order valence-corrected chi connectivity index (χ4v) is 4.49. The molecule has 4 rings (SSSR count). The molecule has 0 unspecified atom stereocenters. The highest BCUT2D eigenvalue weighted by Crippen LogP contribution is 2.26. The van der Waals surface area contributed by atoms with Gasteiger partial charge in [-0.25, -0.2) is 4.98 Å². The Morgan fingerprint density at radius 3 is 2.41 bits per heavy atom. The van der Waals surface area contributed by atoms with E-state index in [1.54, 1.807) is 18.3 Å². The first-order valence-electron chi connectivity index (χ1n) is 11.7. The van der Waals surface area contributed by atoms with E-state index in [2.05, 4.69) is 10.3 Å². The first kappa shape index (κ1) is 22.1. The molecule has 2 aliphatic heterocycles. The third-order valence-electron chi connectivity index (χ3n) is 6.27. The number of amides is 2. The van der Waals surface area contributed by atoms with E-state index in [-0.39, 0.29) is 17.7 Å². The van der Waals surface area contributed by atoms with E-state index >= 15 is 0 Å². The van der Waals surface area contributed by atoms with Crippen LogP contribution in [-0.4, -0.2) is 59.4 Å². The van der Waals surface area contributed by atoms with E-state index in [0.717, 1.165) is 50.2 Å². The molecule has 2 aliphatic rings. The Morgan fingerprint density at radius 1 is 1.00 bits per heavy atom. The van der Waals surface area contributed by atoms with Crippen molar-refractivity contribution in [3.8, 4) is 5.75 Å². The van der Waals surface area contributed by atoms with Crippen molar-refractivity contribution in [2.24, 2.45) is 5.92 Å². The molecule has 32 heavy (non-hydrogen) atoms. The zero-order valence-electron chi connectivity index (χ0n) is 18.8. The predicted octanol–water partition coefficient (Wildman–Crippen LogP) is 4.09. The molecule has 0 atom stereocenters. The van der Waals surface area contributed by atoms with Gasteiger partial charge in [-0.2, -0.15) is 0 Å². The highest BCUT2D eigenvalue weighted by atomic mass is 16.5. The summed E-state index contributed by atoms with van der Waals surface area (Å²) < 4.78 is 5.49. The third-order valence-corrected chi connectivity index (χ3v) is 6.27. The van der Waals surface area contributed by atoms with Crippen LogP contribution in [0.25, 0.3) is 0 Å². The van der Waals surface area contributed by atoms with Crippen molar-refractivity contribution in [1.82, 2.24) is 14.8 Å². The van der Waals surface area contributed by atoms with Crippen LogP contribution in [0.3, 0.4) is 0 Å². The number of rotatable bonds is 6. The number of benzene rings is 1. The van der Waals surface area contributed by atoms with Gasteiger partial charge in [0.2, 0.25) is 5.91 Å². The Hall–Kier alpha value is -3.09. The van der Waals surface area contributed by atoms with Crippen molar-refractivity contribution in [3.63, 3.8) is 0 Å². The molecule has 7 nitrogen and oxygen atoms in total. The number of anilines is 2. The maximum atomic E-state index is 13.3. The maximum Gasteiger partial charge on any atom is 0.257 e. The van der Waals surface area contributed by atoms with Gasteiger partial charge < -0.3 is 19.9 Å². The summed E-state index contributed by atoms with van der Waals surface area (Å²) in [5, 5.41) is 3.26. The molecule has 1 N–H and O–H groups in total. The molecule has 2 aromatic rings. The summed E-state index contributed by atoms with van der Waals surface area (Å²) in [6, 6.07) is 11.2. The van der Waals surface area contributed by atoms with Crippen LogP contribution in [-0.2, 0) is 4.79 Å². The largest absolute Gasteiger partial charge is 0.494 e. The van der Waals surface area contributed by atoms with Gasteiger partial charge in [0.15, 0.2) is 0 Å². The number of aromatic nitrogens is 1. The number of carbonyl (C=O) groups is 2. The van der Waals surface area contributed by atoms with Crippen molar-refractivity contribution in [2.75, 3.05) is 38.1 Å². The van der Waals surface area contributed by atoms with E-state index in [9.17, 15) is 9.59 Å². The third kappa shape index (κ3) is 5.21. The second kappa shape index (κ2) is 10.5. The average Bonchev–Trinajstić information content (AvgIpc) is 2.85. The Kier molecular flexibility index (Phi) is 7.24. The first-order chi connectivity index (χ1) is 15.7. The van der Waals surface area contributed by atoms with Crippen molar-refractivity contribution in [1.29, 1.82) is 0 Å². The highest BCUT2D eigenvalue weighted by Gasteiger charge is 2.31. The lowest BCUT2D eigenvalue weighted by molar-refractivity contribution is -0.137. The molecular weight excluding hydrogens is 404 g/mol. The minimum atomic E-state index is -0.0459. The van der Waals surface area contributed by atoms with Crippen LogP contribution in [0.2, 0.25) is 0 Å². The van der Waals surface area contributed by atoms with Gasteiger partial charge in [-0.05, 0) is 75.4 Å². The molecule has 1 aromatic heterocycles. The number of carbonyl (C=O) groups excluding carboxylic acids is 2. The number of pyridine rings is 1. The van der Waals surface area contributed by atoms with Crippen molar-refractivity contribution in [2.45, 2.75) is 39.0 Å². The number of piperidine rings is 2. The summed E-state index contributed by atoms with van der Waals surface area (Å²) in [7, 11) is 0. The van der Waals surface area contributed by atoms with Gasteiger partial charge in [-0.15, -0.1) is 0 Å². The maximum absolute atomic E-state index is 13.3. The summed E-state index contributed by atoms with van der Waals surface area (Å²) in [4.78, 5) is 34.3. The fourth-order valence-electron chi connectivity index (χ4n) is 4.49. The smallest absolute Gasteiger partial charge is 0.257 e. The molecule has 0 bridgehead atoms. The molecule has 0 spiro atoms. The van der Waals surface area contributed by atoms with Gasteiger partial charge in [0, 0.05) is 44.0 Å². The van der Waals surface area contributed by atoms with Gasteiger partial charge in [0.05, 0.1) is 12.2 Å². The molecule has 3 heterocycles. The van der Waals surface area contributed by atoms with Gasteiger partial charge >= 0.3 is 0 Å². The quantitative estimate of drug-likeness (QED) is 0.738. The number of nitrogens with zero attached hydrogens (tertiary/aromatic N) is 3. The van der Waals surface area contributed by atoms with Crippen LogP contribution in [0.15, 0.2) is 42.6 Å². The molecule has 0 saturated carbocycles. The SMILES string of the molecule is CCOc1ccc(Nc2ncccc2C(=O)N2CCC(C(=O)N3CCCCC3)CC2)cc1. The zero-order valence-corrected chi connectivity index (χ0v) is 18.8. The van der Waals surface area contributed by atoms with E-state index in [1.165, 1.54) is 6.42 Å². The second-order valence-corrected chi connectivity index (χ2v) is 8.43. The summed E-state index contributed by atoms with van der Waals surface area (Å²) >= 11 is 0. The van der Waals surface area contributed by atoms with Gasteiger partial charge in [0.1, 0.15) is 11.6 Å². The van der Waals surface area contributed by atoms with Crippen molar-refractivity contribution < 1.29 is 14.3 Å². The summed E-state index contributed by atoms with van der Waals surface area (Å²) in [6.45, 7) is 5.53. The van der Waals surface area contributed by atoms with Crippen LogP contribution in [0.4, 0.5) is 11.5 Å². The van der Waals surface area contributed by atoms with E-state index in [1.807, 2.05) is 41.0 Å². The van der Waals surface area contributed by atoms with Crippen LogP contribution >= 0.6 is 0 Å². The van der Waals surface area contributed by atoms with E-state index in [4.69, 9.17) is 4.74 Å². The van der Waals surface area contributed by atoms with Crippen LogP contribution < -0.4 is 10.1 Å². The fraction of sp³-hybridized carbons (Fsp3) is 0.480. The molecule has 2 saturated heterocycles. The Morgan fingerprint density at radius 2 is 1.72 bits per heavy atom.